The van der Waals surface area contributed by atoms with Gasteiger partial charge in [-0.2, -0.15) is 0 Å². The molecule has 0 aromatic heterocycles. The summed E-state index contributed by atoms with van der Waals surface area (Å²) in [6.45, 7) is 7.71. The number of aryl methyl sites for hydroxylation is 2. The van der Waals surface area contributed by atoms with Crippen LogP contribution in [0.4, 0.5) is 5.69 Å². The number of amides is 1. The van der Waals surface area contributed by atoms with Crippen molar-refractivity contribution in [3.8, 4) is 5.75 Å². The van der Waals surface area contributed by atoms with Gasteiger partial charge in [0.15, 0.2) is 0 Å². The van der Waals surface area contributed by atoms with Gasteiger partial charge in [0, 0.05) is 17.6 Å². The van der Waals surface area contributed by atoms with Gasteiger partial charge < -0.3 is 9.64 Å². The molecule has 6 nitrogen and oxygen atoms in total. The largest absolute Gasteiger partial charge is 0.495 e. The van der Waals surface area contributed by atoms with E-state index in [9.17, 15) is 13.2 Å². The van der Waals surface area contributed by atoms with Crippen LogP contribution in [0.15, 0.2) is 41.3 Å². The van der Waals surface area contributed by atoms with Crippen LogP contribution in [0.5, 0.6) is 5.75 Å². The van der Waals surface area contributed by atoms with E-state index in [1.807, 2.05) is 25.1 Å². The molecule has 0 saturated carbocycles. The van der Waals surface area contributed by atoms with Crippen LogP contribution in [0.1, 0.15) is 48.7 Å². The molecule has 1 heterocycles. The Hall–Kier alpha value is -2.38. The van der Waals surface area contributed by atoms with Crippen molar-refractivity contribution in [1.29, 1.82) is 0 Å². The summed E-state index contributed by atoms with van der Waals surface area (Å²) in [6.07, 6.45) is 1.72. The third-order valence-electron chi connectivity index (χ3n) is 4.84. The van der Waals surface area contributed by atoms with Crippen molar-refractivity contribution >= 4 is 21.6 Å². The molecule has 1 N–H and O–H groups in total. The highest BCUT2D eigenvalue weighted by Crippen LogP contribution is 2.37. The van der Waals surface area contributed by atoms with Crippen molar-refractivity contribution in [2.75, 3.05) is 18.6 Å². The summed E-state index contributed by atoms with van der Waals surface area (Å²) < 4.78 is 33.6. The van der Waals surface area contributed by atoms with Crippen LogP contribution in [-0.4, -0.2) is 33.5 Å². The molecule has 0 aliphatic carbocycles. The maximum Gasteiger partial charge on any atom is 0.258 e. The summed E-state index contributed by atoms with van der Waals surface area (Å²) in [6, 6.07) is 10.4. The van der Waals surface area contributed by atoms with Gasteiger partial charge in [-0.25, -0.2) is 13.1 Å². The van der Waals surface area contributed by atoms with E-state index in [4.69, 9.17) is 4.74 Å². The number of carbonyl (C=O) groups excluding carboxylic acids is 1. The molecule has 0 radical (unpaired) electrons. The van der Waals surface area contributed by atoms with Crippen LogP contribution in [0.3, 0.4) is 0 Å². The molecule has 156 valence electrons. The molecule has 1 aliphatic heterocycles. The molecule has 1 amide bonds. The van der Waals surface area contributed by atoms with Crippen LogP contribution < -0.4 is 14.4 Å². The van der Waals surface area contributed by atoms with E-state index in [1.54, 1.807) is 38.8 Å². The van der Waals surface area contributed by atoms with Gasteiger partial charge >= 0.3 is 0 Å². The third kappa shape index (κ3) is 4.46. The van der Waals surface area contributed by atoms with E-state index >= 15 is 0 Å². The minimum atomic E-state index is -3.74. The molecule has 0 saturated heterocycles. The Bertz CT molecular complexity index is 1030. The summed E-state index contributed by atoms with van der Waals surface area (Å²) in [5, 5.41) is 0. The zero-order valence-corrected chi connectivity index (χ0v) is 18.4. The van der Waals surface area contributed by atoms with Crippen LogP contribution in [0.25, 0.3) is 0 Å². The van der Waals surface area contributed by atoms with Crippen LogP contribution in [0.2, 0.25) is 0 Å². The molecule has 29 heavy (non-hydrogen) atoms. The first kappa shape index (κ1) is 21.3. The van der Waals surface area contributed by atoms with E-state index in [0.717, 1.165) is 29.7 Å². The molecule has 0 fully saturated rings. The van der Waals surface area contributed by atoms with Gasteiger partial charge in [-0.15, -0.1) is 0 Å². The molecular weight excluding hydrogens is 388 g/mol. The predicted molar refractivity (Wildman–Crippen MR) is 114 cm³/mol. The number of rotatable bonds is 4. The van der Waals surface area contributed by atoms with Gasteiger partial charge in [0.1, 0.15) is 5.75 Å². The molecule has 2 aromatic rings. The standard InChI is InChI=1S/C22H28N2O4S/c1-15-11-12-17(29(26,27)23-22(2,3)4)14-18(15)21(25)24-13-7-9-16-8-6-10-19(28-5)20(16)24/h6,8,10-12,14,23H,7,9,13H2,1-5H3. The number of ether oxygens (including phenoxy) is 1. The summed E-state index contributed by atoms with van der Waals surface area (Å²) in [7, 11) is -2.15. The number of carbonyl (C=O) groups is 1. The van der Waals surface area contributed by atoms with Crippen LogP contribution in [-0.2, 0) is 16.4 Å². The third-order valence-corrected chi connectivity index (χ3v) is 6.59. The van der Waals surface area contributed by atoms with Crippen LogP contribution in [0, 0.1) is 6.92 Å². The van der Waals surface area contributed by atoms with Gasteiger partial charge in [0.25, 0.3) is 5.91 Å². The lowest BCUT2D eigenvalue weighted by Gasteiger charge is -2.31. The fourth-order valence-corrected chi connectivity index (χ4v) is 5.03. The summed E-state index contributed by atoms with van der Waals surface area (Å²) in [5.41, 5.74) is 2.31. The van der Waals surface area contributed by atoms with Crippen molar-refractivity contribution < 1.29 is 17.9 Å². The fraction of sp³-hybridized carbons (Fsp3) is 0.409. The van der Waals surface area contributed by atoms with Gasteiger partial charge in [0.05, 0.1) is 17.7 Å². The van der Waals surface area contributed by atoms with Crippen molar-refractivity contribution in [2.45, 2.75) is 51.0 Å². The SMILES string of the molecule is COc1cccc2c1N(C(=O)c1cc(S(=O)(=O)NC(C)(C)C)ccc1C)CCC2. The summed E-state index contributed by atoms with van der Waals surface area (Å²) >= 11 is 0. The first-order valence-electron chi connectivity index (χ1n) is 9.66. The molecular formula is C22H28N2O4S. The maximum atomic E-state index is 13.5. The number of hydrogen-bond acceptors (Lipinski definition) is 4. The molecule has 2 aromatic carbocycles. The van der Waals surface area contributed by atoms with Crippen molar-refractivity contribution in [3.05, 3.63) is 53.1 Å². The second-order valence-electron chi connectivity index (χ2n) is 8.36. The molecule has 0 atom stereocenters. The Morgan fingerprint density at radius 3 is 2.55 bits per heavy atom. The second-order valence-corrected chi connectivity index (χ2v) is 10.0. The minimum Gasteiger partial charge on any atom is -0.495 e. The summed E-state index contributed by atoms with van der Waals surface area (Å²) in [5.74, 6) is 0.423. The first-order valence-corrected chi connectivity index (χ1v) is 11.1. The van der Waals surface area contributed by atoms with Crippen molar-refractivity contribution in [3.63, 3.8) is 0 Å². The molecule has 0 unspecified atom stereocenters. The molecule has 7 heteroatoms. The lowest BCUT2D eigenvalue weighted by atomic mass is 9.99. The molecule has 3 rings (SSSR count). The molecule has 0 bridgehead atoms. The van der Waals surface area contributed by atoms with Crippen molar-refractivity contribution in [1.82, 2.24) is 4.72 Å². The van der Waals surface area contributed by atoms with E-state index in [1.165, 1.54) is 12.1 Å². The highest BCUT2D eigenvalue weighted by atomic mass is 32.2. The number of sulfonamides is 1. The monoisotopic (exact) mass is 416 g/mol. The molecule has 0 spiro atoms. The predicted octanol–water partition coefficient (Wildman–Crippen LogP) is 3.67. The Balaban J connectivity index is 2.04. The number of hydrogen-bond donors (Lipinski definition) is 1. The average molecular weight is 417 g/mol. The van der Waals surface area contributed by atoms with E-state index in [0.29, 0.717) is 17.9 Å². The highest BCUT2D eigenvalue weighted by molar-refractivity contribution is 7.89. The Labute approximate surface area is 172 Å². The van der Waals surface area contributed by atoms with Gasteiger partial charge in [-0.05, 0) is 69.9 Å². The van der Waals surface area contributed by atoms with Crippen LogP contribution >= 0.6 is 0 Å². The number of fused-ring (bicyclic) bond motifs is 1. The van der Waals surface area contributed by atoms with E-state index in [-0.39, 0.29) is 10.8 Å². The average Bonchev–Trinajstić information content (AvgIpc) is 2.64. The van der Waals surface area contributed by atoms with E-state index < -0.39 is 15.6 Å². The zero-order chi connectivity index (χ0) is 21.4. The topological polar surface area (TPSA) is 75.7 Å². The fourth-order valence-electron chi connectivity index (χ4n) is 3.59. The number of nitrogens with one attached hydrogen (secondary N) is 1. The summed E-state index contributed by atoms with van der Waals surface area (Å²) in [4.78, 5) is 15.3. The molecule has 1 aliphatic rings. The van der Waals surface area contributed by atoms with Crippen molar-refractivity contribution in [2.24, 2.45) is 0 Å². The Morgan fingerprint density at radius 1 is 1.17 bits per heavy atom. The second kappa shape index (κ2) is 7.80. The number of para-hydroxylation sites is 1. The number of methoxy groups -OCH3 is 1. The van der Waals surface area contributed by atoms with Gasteiger partial charge in [0.2, 0.25) is 10.0 Å². The van der Waals surface area contributed by atoms with Gasteiger partial charge in [-0.3, -0.25) is 4.79 Å². The highest BCUT2D eigenvalue weighted by Gasteiger charge is 2.29. The maximum absolute atomic E-state index is 13.5. The normalized spacial score (nSPS) is 14.4. The Kier molecular flexibility index (Phi) is 5.74. The number of nitrogens with zero attached hydrogens (tertiary/aromatic N) is 1. The van der Waals surface area contributed by atoms with Gasteiger partial charge in [-0.1, -0.05) is 18.2 Å². The zero-order valence-electron chi connectivity index (χ0n) is 17.6. The lowest BCUT2D eigenvalue weighted by Crippen LogP contribution is -2.40. The smallest absolute Gasteiger partial charge is 0.258 e. The number of anilines is 1. The minimum absolute atomic E-state index is 0.0821. The first-order chi connectivity index (χ1) is 13.5. The quantitative estimate of drug-likeness (QED) is 0.825. The van der Waals surface area contributed by atoms with E-state index in [2.05, 4.69) is 4.72 Å². The lowest BCUT2D eigenvalue weighted by molar-refractivity contribution is 0.0983. The number of benzene rings is 2. The Morgan fingerprint density at radius 2 is 1.90 bits per heavy atom.